The van der Waals surface area contributed by atoms with Crippen LogP contribution in [-0.2, 0) is 17.4 Å². The lowest BCUT2D eigenvalue weighted by Crippen LogP contribution is -2.28. The Hall–Kier alpha value is -3.47. The second kappa shape index (κ2) is 9.68. The van der Waals surface area contributed by atoms with Crippen molar-refractivity contribution >= 4 is 27.8 Å². The van der Waals surface area contributed by atoms with Gasteiger partial charge in [0.1, 0.15) is 11.3 Å². The molecule has 0 bridgehead atoms. The Labute approximate surface area is 221 Å². The molecule has 1 unspecified atom stereocenters. The van der Waals surface area contributed by atoms with Crippen LogP contribution in [0.3, 0.4) is 0 Å². The molecule has 202 valence electrons. The molecule has 1 aliphatic rings. The van der Waals surface area contributed by atoms with Gasteiger partial charge >= 0.3 is 0 Å². The number of hydrogen-bond donors (Lipinski definition) is 3. The van der Waals surface area contributed by atoms with Gasteiger partial charge in [-0.3, -0.25) is 9.97 Å². The van der Waals surface area contributed by atoms with E-state index in [2.05, 4.69) is 9.55 Å². The van der Waals surface area contributed by atoms with Crippen LogP contribution in [-0.4, -0.2) is 49.5 Å². The molecule has 5 N–H and O–H groups in total. The predicted octanol–water partition coefficient (Wildman–Crippen LogP) is 3.76. The van der Waals surface area contributed by atoms with Gasteiger partial charge in [0.05, 0.1) is 45.3 Å². The van der Waals surface area contributed by atoms with Gasteiger partial charge in [0.15, 0.2) is 0 Å². The van der Waals surface area contributed by atoms with Gasteiger partial charge in [-0.25, -0.2) is 10.2 Å². The molecule has 0 amide bonds. The third-order valence-corrected chi connectivity index (χ3v) is 7.51. The molecule has 1 aliphatic heterocycles. The molecule has 5 rings (SSSR count). The molecule has 38 heavy (non-hydrogen) atoms. The first-order chi connectivity index (χ1) is 18.0. The van der Waals surface area contributed by atoms with Gasteiger partial charge in [0.25, 0.3) is 0 Å². The van der Waals surface area contributed by atoms with Crippen molar-refractivity contribution in [2.75, 3.05) is 20.3 Å². The van der Waals surface area contributed by atoms with E-state index in [0.717, 1.165) is 46.2 Å². The fraction of sp³-hybridized carbons (Fsp3) is 0.429. The molecule has 10 heteroatoms. The number of hydrazine groups is 1. The van der Waals surface area contributed by atoms with Crippen LogP contribution in [0, 0.1) is 11.7 Å². The Morgan fingerprint density at radius 1 is 1.24 bits per heavy atom. The Kier molecular flexibility index (Phi) is 6.66. The first kappa shape index (κ1) is 26.1. The zero-order valence-corrected chi connectivity index (χ0v) is 22.6. The van der Waals surface area contributed by atoms with E-state index in [1.165, 1.54) is 11.1 Å². The van der Waals surface area contributed by atoms with Gasteiger partial charge in [0.2, 0.25) is 0 Å². The number of pyridine rings is 2. The topological polar surface area (TPSA) is 120 Å². The normalized spacial score (nSPS) is 16.7. The minimum absolute atomic E-state index is 0.0739. The van der Waals surface area contributed by atoms with Crippen molar-refractivity contribution in [2.24, 2.45) is 24.5 Å². The van der Waals surface area contributed by atoms with Crippen LogP contribution in [0.4, 0.5) is 4.39 Å². The van der Waals surface area contributed by atoms with E-state index < -0.39 is 11.6 Å². The van der Waals surface area contributed by atoms with E-state index in [4.69, 9.17) is 21.3 Å². The summed E-state index contributed by atoms with van der Waals surface area (Å²) in [6, 6.07) is 6.63. The first-order valence-corrected chi connectivity index (χ1v) is 12.9. The Balaban J connectivity index is 1.90. The Bertz CT molecular complexity index is 1520. The molecule has 4 aromatic rings. The highest BCUT2D eigenvalue weighted by Gasteiger charge is 2.35. The largest absolute Gasteiger partial charge is 0.401 e. The molecule has 0 saturated carbocycles. The molecule has 1 atom stereocenters. The first-order valence-electron chi connectivity index (χ1n) is 12.9. The molecule has 0 aromatic carbocycles. The molecule has 0 radical (unpaired) electrons. The Morgan fingerprint density at radius 2 is 1.95 bits per heavy atom. The highest BCUT2D eigenvalue weighted by Crippen LogP contribution is 2.42. The van der Waals surface area contributed by atoms with Crippen LogP contribution in [0.15, 0.2) is 42.4 Å². The highest BCUT2D eigenvalue weighted by molar-refractivity contribution is 6.05. The molecule has 1 saturated heterocycles. The van der Waals surface area contributed by atoms with Crippen LogP contribution in [0.2, 0.25) is 0 Å². The number of hydrogen-bond acceptors (Lipinski definition) is 7. The number of aliphatic hydroxyl groups is 1. The Morgan fingerprint density at radius 3 is 2.55 bits per heavy atom. The lowest BCUT2D eigenvalue weighted by atomic mass is 9.88. The standard InChI is InChI=1S/C28H36FN7O2/c1-16(30)25(35(5)31)18-13-20-24(33-15-18)27-21(14-22(34(27)4)28(2,3)37)36(20)26(17-8-11-38-12-9-17)23-19(29)7-6-10-32-23/h6-7,10,13-15,17,26,37H,8-9,11-12,30-31H2,1-5H3/b25-16-. The van der Waals surface area contributed by atoms with Gasteiger partial charge in [-0.05, 0) is 63.8 Å². The summed E-state index contributed by atoms with van der Waals surface area (Å²) in [6.45, 7) is 6.50. The second-order valence-corrected chi connectivity index (χ2v) is 10.8. The van der Waals surface area contributed by atoms with Crippen LogP contribution in [0.5, 0.6) is 0 Å². The summed E-state index contributed by atoms with van der Waals surface area (Å²) in [6.07, 6.45) is 4.91. The third kappa shape index (κ3) is 4.32. The average Bonchev–Trinajstić information content (AvgIpc) is 3.35. The molecule has 9 nitrogen and oxygen atoms in total. The lowest BCUT2D eigenvalue weighted by Gasteiger charge is -2.32. The van der Waals surface area contributed by atoms with Gasteiger partial charge in [-0.1, -0.05) is 0 Å². The van der Waals surface area contributed by atoms with Crippen LogP contribution in [0.1, 0.15) is 56.6 Å². The van der Waals surface area contributed by atoms with E-state index in [0.29, 0.717) is 30.3 Å². The second-order valence-electron chi connectivity index (χ2n) is 10.8. The molecule has 1 fully saturated rings. The van der Waals surface area contributed by atoms with Crippen LogP contribution in [0.25, 0.3) is 27.8 Å². The number of nitrogens with two attached hydrogens (primary N) is 2. The van der Waals surface area contributed by atoms with Crippen molar-refractivity contribution in [2.45, 2.75) is 45.3 Å². The number of ether oxygens (including phenoxy) is 1. The maximum absolute atomic E-state index is 15.5. The van der Waals surface area contributed by atoms with Crippen molar-refractivity contribution < 1.29 is 14.2 Å². The molecule has 5 heterocycles. The zero-order chi connectivity index (χ0) is 27.4. The quantitative estimate of drug-likeness (QED) is 0.261. The van der Waals surface area contributed by atoms with Crippen molar-refractivity contribution in [3.8, 4) is 0 Å². The summed E-state index contributed by atoms with van der Waals surface area (Å²) < 4.78 is 25.2. The summed E-state index contributed by atoms with van der Waals surface area (Å²) in [5.74, 6) is 5.86. The fourth-order valence-electron chi connectivity index (χ4n) is 5.93. The summed E-state index contributed by atoms with van der Waals surface area (Å²) >= 11 is 0. The number of aryl methyl sites for hydroxylation is 1. The smallest absolute Gasteiger partial charge is 0.146 e. The van der Waals surface area contributed by atoms with Gasteiger partial charge in [-0.15, -0.1) is 0 Å². The number of halogens is 1. The summed E-state index contributed by atoms with van der Waals surface area (Å²) in [5.41, 5.74) is 11.4. The summed E-state index contributed by atoms with van der Waals surface area (Å²) in [7, 11) is 3.65. The van der Waals surface area contributed by atoms with Crippen molar-refractivity contribution in [3.63, 3.8) is 0 Å². The molecular weight excluding hydrogens is 485 g/mol. The summed E-state index contributed by atoms with van der Waals surface area (Å²) in [5, 5.41) is 12.4. The van der Waals surface area contributed by atoms with E-state index in [9.17, 15) is 5.11 Å². The predicted molar refractivity (Wildman–Crippen MR) is 146 cm³/mol. The fourth-order valence-corrected chi connectivity index (χ4v) is 5.93. The minimum atomic E-state index is -1.09. The van der Waals surface area contributed by atoms with E-state index in [-0.39, 0.29) is 11.7 Å². The highest BCUT2D eigenvalue weighted by atomic mass is 19.1. The zero-order valence-electron chi connectivity index (χ0n) is 22.6. The van der Waals surface area contributed by atoms with Gasteiger partial charge in [-0.2, -0.15) is 0 Å². The number of aromatic nitrogens is 4. The van der Waals surface area contributed by atoms with Crippen LogP contribution >= 0.6 is 0 Å². The maximum atomic E-state index is 15.5. The minimum Gasteiger partial charge on any atom is -0.401 e. The van der Waals surface area contributed by atoms with E-state index in [1.807, 2.05) is 23.7 Å². The maximum Gasteiger partial charge on any atom is 0.146 e. The van der Waals surface area contributed by atoms with Crippen LogP contribution < -0.4 is 11.6 Å². The average molecular weight is 522 g/mol. The number of allylic oxidation sites excluding steroid dienone is 1. The molecule has 4 aromatic heterocycles. The monoisotopic (exact) mass is 521 g/mol. The third-order valence-electron chi connectivity index (χ3n) is 7.51. The number of fused-ring (bicyclic) bond motifs is 3. The molecular formula is C28H36FN7O2. The van der Waals surface area contributed by atoms with Crippen molar-refractivity contribution in [1.82, 2.24) is 24.1 Å². The van der Waals surface area contributed by atoms with Crippen molar-refractivity contribution in [3.05, 3.63) is 65.1 Å². The van der Waals surface area contributed by atoms with Gasteiger partial charge < -0.3 is 29.7 Å². The number of rotatable bonds is 6. The molecule has 0 spiro atoms. The molecule has 0 aliphatic carbocycles. The van der Waals surface area contributed by atoms with Gasteiger partial charge in [0, 0.05) is 51.0 Å². The van der Waals surface area contributed by atoms with Crippen molar-refractivity contribution in [1.29, 1.82) is 0 Å². The SMILES string of the molecule is C/C(N)=C(\c1cnc2c3c(cc(C(C)(C)O)n3C)n(C(c3ncccc3F)C3CCOCC3)c2c1)N(C)N. The van der Waals surface area contributed by atoms with E-state index in [1.54, 1.807) is 46.3 Å². The van der Waals surface area contributed by atoms with E-state index >= 15 is 4.39 Å². The summed E-state index contributed by atoms with van der Waals surface area (Å²) in [4.78, 5) is 9.43. The lowest BCUT2D eigenvalue weighted by molar-refractivity contribution is 0.0543. The number of nitrogens with zero attached hydrogens (tertiary/aromatic N) is 5.